The minimum Gasteiger partial charge on any atom is -0.381 e. The molecule has 0 spiro atoms. The van der Waals surface area contributed by atoms with Crippen molar-refractivity contribution in [3.63, 3.8) is 0 Å². The minimum absolute atomic E-state index is 0.0500. The van der Waals surface area contributed by atoms with Gasteiger partial charge in [0.15, 0.2) is 0 Å². The molecule has 0 aromatic carbocycles. The number of rotatable bonds is 3. The third-order valence-electron chi connectivity index (χ3n) is 3.19. The number of carbonyl (C=O) groups excluding carboxylic acids is 2. The zero-order valence-corrected chi connectivity index (χ0v) is 9.57. The number of nitrogens with one attached hydrogen (secondary N) is 1. The van der Waals surface area contributed by atoms with E-state index in [4.69, 9.17) is 4.74 Å². The molecule has 2 saturated heterocycles. The van der Waals surface area contributed by atoms with Gasteiger partial charge in [-0.05, 0) is 12.8 Å². The van der Waals surface area contributed by atoms with Crippen molar-refractivity contribution in [2.75, 3.05) is 26.3 Å². The topological polar surface area (TPSA) is 58.6 Å². The maximum atomic E-state index is 12.0. The molecule has 0 saturated carbocycles. The summed E-state index contributed by atoms with van der Waals surface area (Å²) in [6.07, 6.45) is 1.64. The number of piperazine rings is 1. The fraction of sp³-hybridized carbons (Fsp3) is 0.818. The van der Waals surface area contributed by atoms with Crippen LogP contribution in [0.1, 0.15) is 19.8 Å². The summed E-state index contributed by atoms with van der Waals surface area (Å²) in [5.74, 6) is 0.395. The van der Waals surface area contributed by atoms with Crippen LogP contribution in [-0.4, -0.2) is 49.1 Å². The highest BCUT2D eigenvalue weighted by Gasteiger charge is 2.33. The lowest BCUT2D eigenvalue weighted by Gasteiger charge is -2.33. The second kappa shape index (κ2) is 4.82. The maximum Gasteiger partial charge on any atom is 0.245 e. The highest BCUT2D eigenvalue weighted by atomic mass is 16.5. The molecule has 0 aliphatic carbocycles. The lowest BCUT2D eigenvalue weighted by molar-refractivity contribution is -0.144. The first-order chi connectivity index (χ1) is 7.70. The molecule has 2 atom stereocenters. The van der Waals surface area contributed by atoms with Crippen molar-refractivity contribution >= 4 is 11.8 Å². The van der Waals surface area contributed by atoms with Crippen LogP contribution < -0.4 is 5.32 Å². The van der Waals surface area contributed by atoms with Gasteiger partial charge in [-0.1, -0.05) is 6.92 Å². The Morgan fingerprint density at radius 3 is 2.94 bits per heavy atom. The molecule has 16 heavy (non-hydrogen) atoms. The molecule has 2 rings (SSSR count). The van der Waals surface area contributed by atoms with E-state index in [0.717, 1.165) is 13.0 Å². The van der Waals surface area contributed by atoms with Gasteiger partial charge in [0.1, 0.15) is 6.04 Å². The van der Waals surface area contributed by atoms with Crippen molar-refractivity contribution in [3.05, 3.63) is 0 Å². The smallest absolute Gasteiger partial charge is 0.245 e. The largest absolute Gasteiger partial charge is 0.381 e. The Balaban J connectivity index is 1.95. The Hall–Kier alpha value is -1.10. The standard InChI is InChI=1S/C11H18N2O3/c1-2-9-11(15)13(6-10(14)12-9)5-8-3-4-16-7-8/h8-9H,2-7H2,1H3,(H,12,14). The van der Waals surface area contributed by atoms with Crippen molar-refractivity contribution in [2.45, 2.75) is 25.8 Å². The highest BCUT2D eigenvalue weighted by molar-refractivity contribution is 5.94. The van der Waals surface area contributed by atoms with E-state index in [1.807, 2.05) is 6.92 Å². The molecule has 2 amide bonds. The monoisotopic (exact) mass is 226 g/mol. The first-order valence-electron chi connectivity index (χ1n) is 5.86. The highest BCUT2D eigenvalue weighted by Crippen LogP contribution is 2.16. The second-order valence-electron chi connectivity index (χ2n) is 4.48. The summed E-state index contributed by atoms with van der Waals surface area (Å²) in [6, 6.07) is -0.330. The van der Waals surface area contributed by atoms with Crippen molar-refractivity contribution in [3.8, 4) is 0 Å². The van der Waals surface area contributed by atoms with Crippen LogP contribution in [0.2, 0.25) is 0 Å². The predicted molar refractivity (Wildman–Crippen MR) is 57.7 cm³/mol. The van der Waals surface area contributed by atoms with Gasteiger partial charge in [0.05, 0.1) is 13.2 Å². The lowest BCUT2D eigenvalue weighted by Crippen LogP contribution is -2.58. The molecule has 2 fully saturated rings. The van der Waals surface area contributed by atoms with E-state index in [0.29, 0.717) is 25.5 Å². The Morgan fingerprint density at radius 1 is 1.50 bits per heavy atom. The fourth-order valence-corrected chi connectivity index (χ4v) is 2.24. The van der Waals surface area contributed by atoms with Crippen molar-refractivity contribution in [1.29, 1.82) is 0 Å². The number of ether oxygens (including phenoxy) is 1. The van der Waals surface area contributed by atoms with Crippen LogP contribution in [0.5, 0.6) is 0 Å². The average molecular weight is 226 g/mol. The van der Waals surface area contributed by atoms with Crippen molar-refractivity contribution in [1.82, 2.24) is 10.2 Å². The van der Waals surface area contributed by atoms with Gasteiger partial charge in [0, 0.05) is 19.1 Å². The summed E-state index contributed by atoms with van der Waals surface area (Å²) in [6.45, 7) is 4.25. The van der Waals surface area contributed by atoms with Crippen LogP contribution in [0.15, 0.2) is 0 Å². The number of hydrogen-bond acceptors (Lipinski definition) is 3. The molecule has 0 radical (unpaired) electrons. The molecule has 2 unspecified atom stereocenters. The van der Waals surface area contributed by atoms with Gasteiger partial charge in [0.2, 0.25) is 11.8 Å². The van der Waals surface area contributed by atoms with E-state index in [2.05, 4.69) is 5.32 Å². The predicted octanol–water partition coefficient (Wildman–Crippen LogP) is -0.240. The van der Waals surface area contributed by atoms with E-state index in [-0.39, 0.29) is 24.4 Å². The zero-order chi connectivity index (χ0) is 11.5. The Morgan fingerprint density at radius 2 is 2.31 bits per heavy atom. The molecule has 2 aliphatic heterocycles. The third-order valence-corrected chi connectivity index (χ3v) is 3.19. The summed E-state index contributed by atoms with van der Waals surface area (Å²) in [7, 11) is 0. The molecule has 90 valence electrons. The molecule has 5 nitrogen and oxygen atoms in total. The van der Waals surface area contributed by atoms with Gasteiger partial charge in [-0.2, -0.15) is 0 Å². The van der Waals surface area contributed by atoms with Crippen LogP contribution in [0.4, 0.5) is 0 Å². The molecule has 0 aromatic heterocycles. The molecule has 0 aromatic rings. The summed E-state index contributed by atoms with van der Waals surface area (Å²) >= 11 is 0. The third kappa shape index (κ3) is 2.35. The van der Waals surface area contributed by atoms with Crippen LogP contribution in [0, 0.1) is 5.92 Å². The van der Waals surface area contributed by atoms with Crippen molar-refractivity contribution < 1.29 is 14.3 Å². The zero-order valence-electron chi connectivity index (χ0n) is 9.57. The quantitative estimate of drug-likeness (QED) is 0.722. The minimum atomic E-state index is -0.330. The number of carbonyl (C=O) groups is 2. The van der Waals surface area contributed by atoms with Gasteiger partial charge < -0.3 is 15.0 Å². The van der Waals surface area contributed by atoms with Crippen LogP contribution >= 0.6 is 0 Å². The molecule has 2 aliphatic rings. The van der Waals surface area contributed by atoms with Crippen LogP contribution in [-0.2, 0) is 14.3 Å². The number of nitrogens with zero attached hydrogens (tertiary/aromatic N) is 1. The average Bonchev–Trinajstić information content (AvgIpc) is 2.75. The lowest BCUT2D eigenvalue weighted by atomic mass is 10.1. The van der Waals surface area contributed by atoms with E-state index < -0.39 is 0 Å². The molecule has 1 N–H and O–H groups in total. The van der Waals surface area contributed by atoms with E-state index in [1.54, 1.807) is 4.90 Å². The van der Waals surface area contributed by atoms with Crippen molar-refractivity contribution in [2.24, 2.45) is 5.92 Å². The van der Waals surface area contributed by atoms with Gasteiger partial charge in [0.25, 0.3) is 0 Å². The first-order valence-corrected chi connectivity index (χ1v) is 5.86. The van der Waals surface area contributed by atoms with Gasteiger partial charge >= 0.3 is 0 Å². The molecule has 2 heterocycles. The van der Waals surface area contributed by atoms with Gasteiger partial charge in [-0.3, -0.25) is 9.59 Å². The normalized spacial score (nSPS) is 30.7. The van der Waals surface area contributed by atoms with E-state index in [9.17, 15) is 9.59 Å². The van der Waals surface area contributed by atoms with E-state index >= 15 is 0 Å². The Kier molecular flexibility index (Phi) is 3.43. The van der Waals surface area contributed by atoms with E-state index in [1.165, 1.54) is 0 Å². The SMILES string of the molecule is CCC1NC(=O)CN(CC2CCOC2)C1=O. The molecular weight excluding hydrogens is 208 g/mol. The Labute approximate surface area is 95.1 Å². The van der Waals surface area contributed by atoms with Gasteiger partial charge in [-0.15, -0.1) is 0 Å². The summed E-state index contributed by atoms with van der Waals surface area (Å²) in [4.78, 5) is 25.1. The van der Waals surface area contributed by atoms with Crippen LogP contribution in [0.25, 0.3) is 0 Å². The maximum absolute atomic E-state index is 12.0. The second-order valence-corrected chi connectivity index (χ2v) is 4.48. The number of hydrogen-bond donors (Lipinski definition) is 1. The van der Waals surface area contributed by atoms with Gasteiger partial charge in [-0.25, -0.2) is 0 Å². The first kappa shape index (κ1) is 11.4. The molecule has 0 bridgehead atoms. The number of amides is 2. The Bertz CT molecular complexity index is 287. The summed E-state index contributed by atoms with van der Waals surface area (Å²) in [5.41, 5.74) is 0. The fourth-order valence-electron chi connectivity index (χ4n) is 2.24. The summed E-state index contributed by atoms with van der Waals surface area (Å²) < 4.78 is 5.28. The summed E-state index contributed by atoms with van der Waals surface area (Å²) in [5, 5.41) is 2.71. The molecular formula is C11H18N2O3. The molecule has 5 heteroatoms. The van der Waals surface area contributed by atoms with Crippen LogP contribution in [0.3, 0.4) is 0 Å².